The lowest BCUT2D eigenvalue weighted by Crippen LogP contribution is -2.04. The summed E-state index contributed by atoms with van der Waals surface area (Å²) in [6.45, 7) is 0. The van der Waals surface area contributed by atoms with Crippen LogP contribution in [0.5, 0.6) is 0 Å². The molecule has 1 nitrogen and oxygen atoms in total. The van der Waals surface area contributed by atoms with Crippen LogP contribution < -0.4 is 0 Å². The van der Waals surface area contributed by atoms with Crippen molar-refractivity contribution in [3.63, 3.8) is 0 Å². The second kappa shape index (κ2) is 9.56. The number of hydrogen-bond acceptors (Lipinski definition) is 2. The van der Waals surface area contributed by atoms with Gasteiger partial charge in [-0.15, -0.1) is 0 Å². The second-order valence-corrected chi connectivity index (χ2v) is 7.43. The third-order valence-corrected chi connectivity index (χ3v) is 5.45. The maximum Gasteiger partial charge on any atom is 0.428 e. The molecule has 3 rings (SSSR count). The van der Waals surface area contributed by atoms with Crippen LogP contribution in [0.15, 0.2) is 106 Å². The lowest BCUT2D eigenvalue weighted by molar-refractivity contribution is -0.0381. The highest BCUT2D eigenvalue weighted by Gasteiger charge is 2.27. The van der Waals surface area contributed by atoms with Gasteiger partial charge in [0.05, 0.1) is 10.9 Å². The van der Waals surface area contributed by atoms with E-state index in [2.05, 4.69) is 91.0 Å². The van der Waals surface area contributed by atoms with Gasteiger partial charge in [0.2, 0.25) is 0 Å². The van der Waals surface area contributed by atoms with E-state index < -0.39 is 17.6 Å². The highest BCUT2D eigenvalue weighted by atomic mass is 32.2. The van der Waals surface area contributed by atoms with E-state index in [1.807, 2.05) is 0 Å². The van der Waals surface area contributed by atoms with Crippen LogP contribution in [0.1, 0.15) is 0 Å². The van der Waals surface area contributed by atoms with Crippen LogP contribution in [0, 0.1) is 0 Å². The zero-order valence-electron chi connectivity index (χ0n) is 13.0. The molecule has 0 saturated heterocycles. The van der Waals surface area contributed by atoms with E-state index in [4.69, 9.17) is 4.55 Å². The molecular formula is C19H15F3OS2. The molecule has 0 atom stereocenters. The molecule has 0 aliphatic carbocycles. The minimum atomic E-state index is -4.60. The van der Waals surface area contributed by atoms with Gasteiger partial charge in [0.1, 0.15) is 0 Å². The molecule has 0 unspecified atom stereocenters. The largest absolute Gasteiger partial charge is 0.793 e. The minimum absolute atomic E-state index is 0.0146. The SMILES string of the molecule is [O-]SC(F)(F)F.c1ccc([S+](c2ccccc2)c2ccccc2)cc1. The molecule has 0 saturated carbocycles. The van der Waals surface area contributed by atoms with Crippen molar-refractivity contribution in [3.05, 3.63) is 91.0 Å². The third-order valence-electron chi connectivity index (χ3n) is 3.03. The van der Waals surface area contributed by atoms with Crippen LogP contribution in [0.25, 0.3) is 0 Å². The summed E-state index contributed by atoms with van der Waals surface area (Å²) in [5.41, 5.74) is -4.60. The van der Waals surface area contributed by atoms with E-state index in [0.29, 0.717) is 0 Å². The van der Waals surface area contributed by atoms with Crippen LogP contribution in [0.4, 0.5) is 13.2 Å². The van der Waals surface area contributed by atoms with Crippen molar-refractivity contribution >= 4 is 22.9 Å². The number of benzene rings is 3. The quantitative estimate of drug-likeness (QED) is 0.402. The van der Waals surface area contributed by atoms with E-state index in [1.54, 1.807) is 0 Å². The molecule has 0 spiro atoms. The Balaban J connectivity index is 0.000000326. The lowest BCUT2D eigenvalue weighted by atomic mass is 10.4. The van der Waals surface area contributed by atoms with Gasteiger partial charge in [0, 0.05) is 0 Å². The van der Waals surface area contributed by atoms with Gasteiger partial charge in [-0.2, -0.15) is 25.2 Å². The highest BCUT2D eigenvalue weighted by Crippen LogP contribution is 2.30. The predicted octanol–water partition coefficient (Wildman–Crippen LogP) is 6.15. The second-order valence-electron chi connectivity index (χ2n) is 4.77. The van der Waals surface area contributed by atoms with Crippen molar-refractivity contribution in [1.29, 1.82) is 0 Å². The molecule has 0 heterocycles. The van der Waals surface area contributed by atoms with E-state index >= 15 is 0 Å². The number of alkyl halides is 3. The maximum absolute atomic E-state index is 10.4. The first kappa shape index (κ1) is 19.4. The number of hydrogen-bond donors (Lipinski definition) is 0. The molecule has 3 aromatic carbocycles. The average molecular weight is 380 g/mol. The monoisotopic (exact) mass is 380 g/mol. The van der Waals surface area contributed by atoms with Crippen molar-refractivity contribution < 1.29 is 17.7 Å². The molecule has 0 bridgehead atoms. The number of halogens is 3. The van der Waals surface area contributed by atoms with Crippen LogP contribution in [0.3, 0.4) is 0 Å². The van der Waals surface area contributed by atoms with Gasteiger partial charge in [-0.3, -0.25) is 0 Å². The van der Waals surface area contributed by atoms with Crippen LogP contribution in [-0.4, -0.2) is 10.1 Å². The molecule has 0 radical (unpaired) electrons. The third kappa shape index (κ3) is 6.49. The summed E-state index contributed by atoms with van der Waals surface area (Å²) in [5.74, 6) is 0. The van der Waals surface area contributed by atoms with Gasteiger partial charge in [-0.1, -0.05) is 54.6 Å². The van der Waals surface area contributed by atoms with Crippen LogP contribution >= 0.6 is 12.0 Å². The van der Waals surface area contributed by atoms with Crippen molar-refractivity contribution in [1.82, 2.24) is 0 Å². The number of rotatable bonds is 3. The maximum atomic E-state index is 10.4. The summed E-state index contributed by atoms with van der Waals surface area (Å²) < 4.78 is 40.0. The molecule has 3 aromatic rings. The minimum Gasteiger partial charge on any atom is -0.793 e. The molecule has 0 aromatic heterocycles. The first-order valence-corrected chi connectivity index (χ1v) is 9.25. The van der Waals surface area contributed by atoms with Gasteiger partial charge in [-0.05, 0) is 36.4 Å². The molecule has 0 aliphatic rings. The Hall–Kier alpha value is -1.89. The summed E-state index contributed by atoms with van der Waals surface area (Å²) in [4.78, 5) is 4.08. The van der Waals surface area contributed by atoms with Crippen molar-refractivity contribution in [2.75, 3.05) is 0 Å². The lowest BCUT2D eigenvalue weighted by Gasteiger charge is -2.07. The first-order valence-electron chi connectivity index (χ1n) is 7.28. The molecule has 0 N–H and O–H groups in total. The molecule has 0 aliphatic heterocycles. The predicted molar refractivity (Wildman–Crippen MR) is 95.9 cm³/mol. The Morgan fingerprint density at radius 2 is 0.840 bits per heavy atom. The Labute approximate surface area is 152 Å². The fourth-order valence-electron chi connectivity index (χ4n) is 2.08. The molecule has 0 amide bonds. The first-order chi connectivity index (χ1) is 12.0. The fourth-order valence-corrected chi connectivity index (χ4v) is 4.18. The zero-order chi connectivity index (χ0) is 18.1. The fraction of sp³-hybridized carbons (Fsp3) is 0.0526. The average Bonchev–Trinajstić information content (AvgIpc) is 2.65. The van der Waals surface area contributed by atoms with Crippen molar-refractivity contribution in [2.45, 2.75) is 20.2 Å². The molecule has 25 heavy (non-hydrogen) atoms. The summed E-state index contributed by atoms with van der Waals surface area (Å²) >= 11 is -1.37. The molecule has 130 valence electrons. The molecule has 6 heteroatoms. The van der Waals surface area contributed by atoms with Gasteiger partial charge < -0.3 is 4.55 Å². The van der Waals surface area contributed by atoms with Crippen molar-refractivity contribution in [3.8, 4) is 0 Å². The summed E-state index contributed by atoms with van der Waals surface area (Å²) in [5, 5.41) is 0. The Morgan fingerprint density at radius 3 is 1.04 bits per heavy atom. The van der Waals surface area contributed by atoms with E-state index in [1.165, 1.54) is 14.7 Å². The van der Waals surface area contributed by atoms with Gasteiger partial charge in [0.15, 0.2) is 14.7 Å². The standard InChI is InChI=1S/C18H15S.CHF3OS/c1-4-10-16(11-5-1)19(17-12-6-2-7-13-17)18-14-8-3-9-15-18;2-1(3,4)6-5/h1-15H;5H/q+1;/p-1. The van der Waals surface area contributed by atoms with E-state index in [9.17, 15) is 13.2 Å². The highest BCUT2D eigenvalue weighted by molar-refractivity contribution is 7.97. The zero-order valence-corrected chi connectivity index (χ0v) is 14.7. The summed E-state index contributed by atoms with van der Waals surface area (Å²) in [6.07, 6.45) is 0. The van der Waals surface area contributed by atoms with Gasteiger partial charge in [0.25, 0.3) is 0 Å². The summed E-state index contributed by atoms with van der Waals surface area (Å²) in [6, 6.07) is 32.2. The van der Waals surface area contributed by atoms with Crippen LogP contribution in [-0.2, 0) is 10.9 Å². The van der Waals surface area contributed by atoms with Gasteiger partial charge >= 0.3 is 5.51 Å². The topological polar surface area (TPSA) is 23.1 Å². The smallest absolute Gasteiger partial charge is 0.428 e. The van der Waals surface area contributed by atoms with Gasteiger partial charge in [-0.25, -0.2) is 0 Å². The Bertz CT molecular complexity index is 641. The Morgan fingerprint density at radius 1 is 0.600 bits per heavy atom. The van der Waals surface area contributed by atoms with E-state index in [0.717, 1.165) is 0 Å². The molecule has 0 fully saturated rings. The normalized spacial score (nSPS) is 10.9. The Kier molecular flexibility index (Phi) is 7.43. The van der Waals surface area contributed by atoms with Crippen LogP contribution in [0.2, 0.25) is 0 Å². The van der Waals surface area contributed by atoms with Crippen molar-refractivity contribution in [2.24, 2.45) is 0 Å². The molecular weight excluding hydrogens is 365 g/mol. The van der Waals surface area contributed by atoms with E-state index in [-0.39, 0.29) is 10.9 Å². The summed E-state index contributed by atoms with van der Waals surface area (Å²) in [7, 11) is -0.0146.